The van der Waals surface area contributed by atoms with Crippen molar-refractivity contribution in [1.29, 1.82) is 0 Å². The molecule has 3 aromatic carbocycles. The minimum atomic E-state index is -3.72. The number of aromatic nitrogens is 1. The Morgan fingerprint density at radius 2 is 1.74 bits per heavy atom. The molecule has 0 unspecified atom stereocenters. The van der Waals surface area contributed by atoms with E-state index < -0.39 is 15.9 Å². The standard InChI is InChI=1S/C25H25N3O5S2/c1-4-28(16-17-8-6-5-7-9-17)35(30,31)20-12-10-18(11-13-20)24(29)27-25-26-23-21(33-3)14-19(32-2)15-22(23)34-25/h5-15H,4,16H2,1-3H3,(H,26,27,29). The molecule has 8 nitrogen and oxygen atoms in total. The van der Waals surface area contributed by atoms with Crippen LogP contribution in [0.15, 0.2) is 71.6 Å². The van der Waals surface area contributed by atoms with Gasteiger partial charge in [-0.1, -0.05) is 48.6 Å². The Kier molecular flexibility index (Phi) is 7.34. The van der Waals surface area contributed by atoms with E-state index >= 15 is 0 Å². The molecule has 35 heavy (non-hydrogen) atoms. The molecule has 0 bridgehead atoms. The molecule has 10 heteroatoms. The zero-order valence-electron chi connectivity index (χ0n) is 19.5. The highest BCUT2D eigenvalue weighted by molar-refractivity contribution is 7.89. The quantitative estimate of drug-likeness (QED) is 0.347. The van der Waals surface area contributed by atoms with Crippen molar-refractivity contribution >= 4 is 42.6 Å². The number of hydrogen-bond donors (Lipinski definition) is 1. The highest BCUT2D eigenvalue weighted by Gasteiger charge is 2.24. The number of amides is 1. The number of ether oxygens (including phenoxy) is 2. The number of carbonyl (C=O) groups is 1. The summed E-state index contributed by atoms with van der Waals surface area (Å²) in [5.74, 6) is 0.776. The molecule has 0 aliphatic heterocycles. The number of benzene rings is 3. The van der Waals surface area contributed by atoms with Crippen LogP contribution in [-0.4, -0.2) is 44.4 Å². The van der Waals surface area contributed by atoms with Gasteiger partial charge in [0.2, 0.25) is 10.0 Å². The Morgan fingerprint density at radius 3 is 2.37 bits per heavy atom. The van der Waals surface area contributed by atoms with Gasteiger partial charge in [-0.05, 0) is 35.9 Å². The van der Waals surface area contributed by atoms with Crippen LogP contribution in [0.1, 0.15) is 22.8 Å². The van der Waals surface area contributed by atoms with Gasteiger partial charge in [-0.25, -0.2) is 13.4 Å². The van der Waals surface area contributed by atoms with Crippen molar-refractivity contribution in [1.82, 2.24) is 9.29 Å². The number of anilines is 1. The summed E-state index contributed by atoms with van der Waals surface area (Å²) >= 11 is 1.29. The van der Waals surface area contributed by atoms with Crippen LogP contribution in [0.25, 0.3) is 10.2 Å². The highest BCUT2D eigenvalue weighted by atomic mass is 32.2. The van der Waals surface area contributed by atoms with Crippen molar-refractivity contribution in [3.63, 3.8) is 0 Å². The zero-order valence-corrected chi connectivity index (χ0v) is 21.2. The summed E-state index contributed by atoms with van der Waals surface area (Å²) in [5.41, 5.74) is 1.84. The number of hydrogen-bond acceptors (Lipinski definition) is 7. The van der Waals surface area contributed by atoms with Crippen LogP contribution < -0.4 is 14.8 Å². The van der Waals surface area contributed by atoms with Gasteiger partial charge in [0.25, 0.3) is 5.91 Å². The molecule has 0 spiro atoms. The maximum Gasteiger partial charge on any atom is 0.257 e. The van der Waals surface area contributed by atoms with Crippen LogP contribution in [0.3, 0.4) is 0 Å². The fraction of sp³-hybridized carbons (Fsp3) is 0.200. The number of carbonyl (C=O) groups excluding carboxylic acids is 1. The number of nitrogens with one attached hydrogen (secondary N) is 1. The second-order valence-electron chi connectivity index (χ2n) is 7.59. The maximum absolute atomic E-state index is 13.1. The third-order valence-electron chi connectivity index (χ3n) is 5.42. The summed E-state index contributed by atoms with van der Waals surface area (Å²) in [5, 5.41) is 3.17. The fourth-order valence-corrected chi connectivity index (χ4v) is 5.90. The largest absolute Gasteiger partial charge is 0.497 e. The van der Waals surface area contributed by atoms with Crippen molar-refractivity contribution in [2.75, 3.05) is 26.1 Å². The average Bonchev–Trinajstić information content (AvgIpc) is 3.29. The van der Waals surface area contributed by atoms with Gasteiger partial charge in [0.15, 0.2) is 5.13 Å². The van der Waals surface area contributed by atoms with Gasteiger partial charge in [-0.15, -0.1) is 0 Å². The third kappa shape index (κ3) is 5.29. The molecule has 0 aliphatic carbocycles. The summed E-state index contributed by atoms with van der Waals surface area (Å²) < 4.78 is 39.2. The van der Waals surface area contributed by atoms with Crippen LogP contribution >= 0.6 is 11.3 Å². The molecule has 1 amide bonds. The van der Waals surface area contributed by atoms with E-state index in [0.29, 0.717) is 34.3 Å². The van der Waals surface area contributed by atoms with Crippen molar-refractivity contribution in [2.45, 2.75) is 18.4 Å². The van der Waals surface area contributed by atoms with Gasteiger partial charge >= 0.3 is 0 Å². The van der Waals surface area contributed by atoms with Gasteiger partial charge in [0, 0.05) is 24.7 Å². The second kappa shape index (κ2) is 10.4. The van der Waals surface area contributed by atoms with E-state index in [1.165, 1.54) is 39.9 Å². The lowest BCUT2D eigenvalue weighted by molar-refractivity contribution is 0.102. The van der Waals surface area contributed by atoms with Crippen molar-refractivity contribution in [2.24, 2.45) is 0 Å². The first-order valence-electron chi connectivity index (χ1n) is 10.8. The van der Waals surface area contributed by atoms with Crippen LogP contribution in [0.4, 0.5) is 5.13 Å². The van der Waals surface area contributed by atoms with Crippen LogP contribution in [0, 0.1) is 0 Å². The van der Waals surface area contributed by atoms with Crippen molar-refractivity contribution < 1.29 is 22.7 Å². The van der Waals surface area contributed by atoms with Crippen LogP contribution in [0.2, 0.25) is 0 Å². The molecule has 4 aromatic rings. The second-order valence-corrected chi connectivity index (χ2v) is 10.6. The lowest BCUT2D eigenvalue weighted by Crippen LogP contribution is -2.30. The first-order chi connectivity index (χ1) is 16.8. The minimum Gasteiger partial charge on any atom is -0.497 e. The molecule has 0 radical (unpaired) electrons. The Morgan fingerprint density at radius 1 is 1.03 bits per heavy atom. The Balaban J connectivity index is 1.51. The molecule has 1 aromatic heterocycles. The van der Waals surface area contributed by atoms with E-state index in [0.717, 1.165) is 10.3 Å². The molecular formula is C25H25N3O5S2. The number of rotatable bonds is 9. The van der Waals surface area contributed by atoms with Gasteiger partial charge in [0.1, 0.15) is 17.0 Å². The van der Waals surface area contributed by atoms with E-state index in [9.17, 15) is 13.2 Å². The van der Waals surface area contributed by atoms with Gasteiger partial charge in [-0.2, -0.15) is 4.31 Å². The van der Waals surface area contributed by atoms with Crippen molar-refractivity contribution in [3.05, 3.63) is 77.9 Å². The van der Waals surface area contributed by atoms with Crippen LogP contribution in [0.5, 0.6) is 11.5 Å². The highest BCUT2D eigenvalue weighted by Crippen LogP contribution is 2.36. The first-order valence-corrected chi connectivity index (χ1v) is 13.1. The molecule has 1 heterocycles. The maximum atomic E-state index is 13.1. The molecule has 0 fully saturated rings. The van der Waals surface area contributed by atoms with Gasteiger partial charge in [-0.3, -0.25) is 10.1 Å². The summed E-state index contributed by atoms with van der Waals surface area (Å²) in [7, 11) is -0.609. The zero-order chi connectivity index (χ0) is 25.0. The first kappa shape index (κ1) is 24.6. The molecule has 0 saturated heterocycles. The summed E-state index contributed by atoms with van der Waals surface area (Å²) in [6.07, 6.45) is 0. The van der Waals surface area contributed by atoms with E-state index in [2.05, 4.69) is 10.3 Å². The predicted octanol–water partition coefficient (Wildman–Crippen LogP) is 4.78. The van der Waals surface area contributed by atoms with E-state index in [1.54, 1.807) is 27.2 Å². The van der Waals surface area contributed by atoms with Gasteiger partial charge < -0.3 is 9.47 Å². The molecule has 0 aliphatic rings. The molecule has 1 N–H and O–H groups in total. The SMILES string of the molecule is CCN(Cc1ccccc1)S(=O)(=O)c1ccc(C(=O)Nc2nc3c(OC)cc(OC)cc3s2)cc1. The third-order valence-corrected chi connectivity index (χ3v) is 8.27. The minimum absolute atomic E-state index is 0.128. The molecule has 182 valence electrons. The normalized spacial score (nSPS) is 11.5. The number of thiazole rings is 1. The van der Waals surface area contributed by atoms with Crippen molar-refractivity contribution in [3.8, 4) is 11.5 Å². The fourth-order valence-electron chi connectivity index (χ4n) is 3.55. The molecular weight excluding hydrogens is 486 g/mol. The topological polar surface area (TPSA) is 97.8 Å². The summed E-state index contributed by atoms with van der Waals surface area (Å²) in [6, 6.07) is 18.9. The smallest absolute Gasteiger partial charge is 0.257 e. The monoisotopic (exact) mass is 511 g/mol. The van der Waals surface area contributed by atoms with E-state index in [-0.39, 0.29) is 11.4 Å². The number of sulfonamides is 1. The average molecular weight is 512 g/mol. The van der Waals surface area contributed by atoms with E-state index in [1.807, 2.05) is 36.4 Å². The number of methoxy groups -OCH3 is 2. The Bertz CT molecular complexity index is 1440. The van der Waals surface area contributed by atoms with Crippen LogP contribution in [-0.2, 0) is 16.6 Å². The molecule has 0 atom stereocenters. The van der Waals surface area contributed by atoms with Gasteiger partial charge in [0.05, 0.1) is 23.8 Å². The summed E-state index contributed by atoms with van der Waals surface area (Å²) in [6.45, 7) is 2.39. The summed E-state index contributed by atoms with van der Waals surface area (Å²) in [4.78, 5) is 17.4. The Labute approximate surface area is 208 Å². The number of nitrogens with zero attached hydrogens (tertiary/aromatic N) is 2. The molecule has 4 rings (SSSR count). The number of fused-ring (bicyclic) bond motifs is 1. The Hall–Kier alpha value is -3.47. The molecule has 0 saturated carbocycles. The lowest BCUT2D eigenvalue weighted by Gasteiger charge is -2.20. The van der Waals surface area contributed by atoms with E-state index in [4.69, 9.17) is 9.47 Å². The lowest BCUT2D eigenvalue weighted by atomic mass is 10.2. The predicted molar refractivity (Wildman–Crippen MR) is 137 cm³/mol.